The molecular formula is C18H19N5O3. The molecule has 134 valence electrons. The fourth-order valence-corrected chi connectivity index (χ4v) is 3.77. The van der Waals surface area contributed by atoms with E-state index in [0.717, 1.165) is 12.8 Å². The van der Waals surface area contributed by atoms with Gasteiger partial charge in [-0.15, -0.1) is 0 Å². The third-order valence-corrected chi connectivity index (χ3v) is 5.03. The maximum Gasteiger partial charge on any atom is 0.276 e. The first-order chi connectivity index (χ1) is 12.6. The molecular weight excluding hydrogens is 334 g/mol. The van der Waals surface area contributed by atoms with Gasteiger partial charge >= 0.3 is 0 Å². The van der Waals surface area contributed by atoms with Crippen LogP contribution >= 0.6 is 0 Å². The molecule has 3 saturated heterocycles. The van der Waals surface area contributed by atoms with E-state index in [1.807, 2.05) is 0 Å². The fraction of sp³-hybridized carbons (Fsp3) is 0.389. The number of hydrogen-bond acceptors (Lipinski definition) is 6. The quantitative estimate of drug-likeness (QED) is 0.863. The maximum absolute atomic E-state index is 12.9. The number of aromatic nitrogens is 3. The van der Waals surface area contributed by atoms with Crippen LogP contribution in [-0.2, 0) is 0 Å². The van der Waals surface area contributed by atoms with Gasteiger partial charge in [0.1, 0.15) is 11.4 Å². The number of aromatic hydroxyl groups is 1. The van der Waals surface area contributed by atoms with Gasteiger partial charge in [-0.1, -0.05) is 0 Å². The summed E-state index contributed by atoms with van der Waals surface area (Å²) in [6, 6.07) is 2.95. The number of amides is 2. The molecule has 2 atom stereocenters. The molecule has 2 aromatic heterocycles. The molecule has 1 N–H and O–H groups in total. The number of pyridine rings is 1. The zero-order valence-corrected chi connectivity index (χ0v) is 14.2. The lowest BCUT2D eigenvalue weighted by molar-refractivity contribution is 0.0565. The molecule has 8 heteroatoms. The number of carbonyl (C=O) groups excluding carboxylic acids is 2. The summed E-state index contributed by atoms with van der Waals surface area (Å²) in [6.07, 6.45) is 7.78. The van der Waals surface area contributed by atoms with Gasteiger partial charge in [-0.25, -0.2) is 9.97 Å². The van der Waals surface area contributed by atoms with Gasteiger partial charge in [0.25, 0.3) is 11.8 Å². The Labute approximate surface area is 150 Å². The van der Waals surface area contributed by atoms with Gasteiger partial charge in [0.05, 0.1) is 6.20 Å². The Morgan fingerprint density at radius 2 is 1.92 bits per heavy atom. The van der Waals surface area contributed by atoms with Crippen molar-refractivity contribution in [1.82, 2.24) is 24.8 Å². The van der Waals surface area contributed by atoms with Crippen molar-refractivity contribution in [2.24, 2.45) is 5.92 Å². The topological polar surface area (TPSA) is 99.5 Å². The molecule has 5 rings (SSSR count). The van der Waals surface area contributed by atoms with Gasteiger partial charge in [0.2, 0.25) is 0 Å². The Hall–Kier alpha value is -3.03. The molecule has 2 bridgehead atoms. The van der Waals surface area contributed by atoms with Gasteiger partial charge in [0.15, 0.2) is 5.69 Å². The second-order valence-electron chi connectivity index (χ2n) is 6.73. The molecule has 0 aliphatic carbocycles. The third-order valence-electron chi connectivity index (χ3n) is 5.03. The van der Waals surface area contributed by atoms with Crippen molar-refractivity contribution < 1.29 is 14.7 Å². The minimum Gasteiger partial charge on any atom is -0.505 e. The number of carbonyl (C=O) groups is 2. The van der Waals surface area contributed by atoms with Crippen LogP contribution in [0.3, 0.4) is 0 Å². The van der Waals surface area contributed by atoms with Gasteiger partial charge in [-0.05, 0) is 30.9 Å². The fourth-order valence-electron chi connectivity index (χ4n) is 3.77. The number of fused-ring (bicyclic) bond motifs is 4. The van der Waals surface area contributed by atoms with Crippen molar-refractivity contribution >= 4 is 11.8 Å². The molecule has 5 heterocycles. The Morgan fingerprint density at radius 3 is 2.69 bits per heavy atom. The molecule has 0 saturated carbocycles. The van der Waals surface area contributed by atoms with E-state index < -0.39 is 0 Å². The molecule has 8 nitrogen and oxygen atoms in total. The highest BCUT2D eigenvalue weighted by molar-refractivity contribution is 5.95. The van der Waals surface area contributed by atoms with Crippen LogP contribution in [0.2, 0.25) is 0 Å². The summed E-state index contributed by atoms with van der Waals surface area (Å²) >= 11 is 0. The van der Waals surface area contributed by atoms with Crippen LogP contribution < -0.4 is 0 Å². The first-order valence-electron chi connectivity index (χ1n) is 8.63. The summed E-state index contributed by atoms with van der Waals surface area (Å²) in [7, 11) is 0. The molecule has 0 unspecified atom stereocenters. The van der Waals surface area contributed by atoms with Crippen LogP contribution in [0.5, 0.6) is 5.75 Å². The lowest BCUT2D eigenvalue weighted by Crippen LogP contribution is -2.48. The van der Waals surface area contributed by atoms with Crippen LogP contribution in [0.4, 0.5) is 0 Å². The number of piperidine rings is 1. The first kappa shape index (κ1) is 16.4. The highest BCUT2D eigenvalue weighted by Gasteiger charge is 2.40. The minimum atomic E-state index is -0.286. The third kappa shape index (κ3) is 2.98. The predicted octanol–water partition coefficient (Wildman–Crippen LogP) is 0.954. The Kier molecular flexibility index (Phi) is 4.24. The first-order valence-corrected chi connectivity index (χ1v) is 8.63. The summed E-state index contributed by atoms with van der Waals surface area (Å²) in [6.45, 7) is 1.60. The minimum absolute atomic E-state index is 0.0619. The summed E-state index contributed by atoms with van der Waals surface area (Å²) < 4.78 is 0. The van der Waals surface area contributed by atoms with Crippen LogP contribution in [0.1, 0.15) is 33.8 Å². The Morgan fingerprint density at radius 1 is 1.04 bits per heavy atom. The number of hydrogen-bond donors (Lipinski definition) is 1. The van der Waals surface area contributed by atoms with Crippen molar-refractivity contribution in [3.8, 4) is 5.75 Å². The van der Waals surface area contributed by atoms with E-state index >= 15 is 0 Å². The number of rotatable bonds is 2. The van der Waals surface area contributed by atoms with E-state index in [4.69, 9.17) is 0 Å². The van der Waals surface area contributed by atoms with Crippen molar-refractivity contribution in [3.63, 3.8) is 0 Å². The van der Waals surface area contributed by atoms with Crippen molar-refractivity contribution in [2.45, 2.75) is 18.9 Å². The van der Waals surface area contributed by atoms with E-state index in [1.54, 1.807) is 15.9 Å². The van der Waals surface area contributed by atoms with Gasteiger partial charge in [-0.3, -0.25) is 14.6 Å². The van der Waals surface area contributed by atoms with Crippen LogP contribution in [-0.4, -0.2) is 67.3 Å². The standard InChI is InChI=1S/C18H19N5O3/c24-15-2-1-5-21-16(15)18(26)23-10-12-3-4-13(23)11-22(9-12)17(25)14-8-19-6-7-20-14/h1-2,5-8,12-13,24H,3-4,9-11H2/t12-,13+/m0/s1. The van der Waals surface area contributed by atoms with Gasteiger partial charge < -0.3 is 14.9 Å². The van der Waals surface area contributed by atoms with E-state index in [9.17, 15) is 14.7 Å². The van der Waals surface area contributed by atoms with E-state index in [0.29, 0.717) is 25.3 Å². The second kappa shape index (κ2) is 6.70. The van der Waals surface area contributed by atoms with Crippen molar-refractivity contribution in [3.05, 3.63) is 48.3 Å². The maximum atomic E-state index is 12.9. The van der Waals surface area contributed by atoms with Crippen molar-refractivity contribution in [2.75, 3.05) is 19.6 Å². The lowest BCUT2D eigenvalue weighted by atomic mass is 9.94. The van der Waals surface area contributed by atoms with Gasteiger partial charge in [0, 0.05) is 44.3 Å². The zero-order chi connectivity index (χ0) is 18.1. The molecule has 0 radical (unpaired) electrons. The molecule has 0 spiro atoms. The summed E-state index contributed by atoms with van der Waals surface area (Å²) in [5, 5.41) is 9.95. The Bertz CT molecular complexity index is 829. The van der Waals surface area contributed by atoms with Gasteiger partial charge in [-0.2, -0.15) is 0 Å². The van der Waals surface area contributed by atoms with E-state index in [2.05, 4.69) is 15.0 Å². The van der Waals surface area contributed by atoms with Crippen LogP contribution in [0.25, 0.3) is 0 Å². The summed E-state index contributed by atoms with van der Waals surface area (Å²) in [5.74, 6) is -0.370. The monoisotopic (exact) mass is 353 g/mol. The predicted molar refractivity (Wildman–Crippen MR) is 91.4 cm³/mol. The smallest absolute Gasteiger partial charge is 0.276 e. The molecule has 2 amide bonds. The van der Waals surface area contributed by atoms with Crippen LogP contribution in [0.15, 0.2) is 36.9 Å². The normalized spacial score (nSPS) is 22.2. The molecule has 0 aromatic carbocycles. The zero-order valence-electron chi connectivity index (χ0n) is 14.2. The van der Waals surface area contributed by atoms with Crippen LogP contribution in [0, 0.1) is 5.92 Å². The SMILES string of the molecule is O=C(c1cnccn1)N1C[C@@H]2CC[C@H](C1)N(C(=O)c1ncccc1O)C2. The molecule has 2 aromatic rings. The molecule has 3 aliphatic rings. The Balaban J connectivity index is 1.56. The highest BCUT2D eigenvalue weighted by Crippen LogP contribution is 2.30. The second-order valence-corrected chi connectivity index (χ2v) is 6.73. The average Bonchev–Trinajstić information content (AvgIpc) is 3.00. The van der Waals surface area contributed by atoms with E-state index in [1.165, 1.54) is 30.9 Å². The summed E-state index contributed by atoms with van der Waals surface area (Å²) in [5.41, 5.74) is 0.376. The largest absolute Gasteiger partial charge is 0.505 e. The lowest BCUT2D eigenvalue weighted by Gasteiger charge is -2.35. The van der Waals surface area contributed by atoms with E-state index in [-0.39, 0.29) is 35.2 Å². The average molecular weight is 353 g/mol. The summed E-state index contributed by atoms with van der Waals surface area (Å²) in [4.78, 5) is 41.2. The number of nitrogens with zero attached hydrogens (tertiary/aromatic N) is 5. The van der Waals surface area contributed by atoms with Crippen molar-refractivity contribution in [1.29, 1.82) is 0 Å². The highest BCUT2D eigenvalue weighted by atomic mass is 16.3. The molecule has 26 heavy (non-hydrogen) atoms. The molecule has 3 fully saturated rings. The molecule has 3 aliphatic heterocycles.